The molecule has 1 rings (SSSR count). The van der Waals surface area contributed by atoms with Crippen molar-refractivity contribution >= 4 is 17.5 Å². The summed E-state index contributed by atoms with van der Waals surface area (Å²) in [7, 11) is 1.73. The van der Waals surface area contributed by atoms with E-state index in [1.54, 1.807) is 11.9 Å². The summed E-state index contributed by atoms with van der Waals surface area (Å²) in [5.41, 5.74) is 1.79. The second-order valence-corrected chi connectivity index (χ2v) is 4.62. The van der Waals surface area contributed by atoms with E-state index in [9.17, 15) is 9.59 Å². The summed E-state index contributed by atoms with van der Waals surface area (Å²) in [4.78, 5) is 24.4. The SMILES string of the molecule is CCCCNC(=O)Cc1ccc(N(C)C(C)=O)cc1. The van der Waals surface area contributed by atoms with Gasteiger partial charge < -0.3 is 10.2 Å². The predicted octanol–water partition coefficient (Wildman–Crippen LogP) is 2.13. The first-order valence-corrected chi connectivity index (χ1v) is 6.64. The highest BCUT2D eigenvalue weighted by Crippen LogP contribution is 2.14. The van der Waals surface area contributed by atoms with Crippen LogP contribution in [0.5, 0.6) is 0 Å². The van der Waals surface area contributed by atoms with Gasteiger partial charge in [-0.15, -0.1) is 0 Å². The minimum atomic E-state index is -0.00920. The molecule has 0 heterocycles. The molecule has 0 aromatic heterocycles. The van der Waals surface area contributed by atoms with Gasteiger partial charge in [-0.1, -0.05) is 25.5 Å². The summed E-state index contributed by atoms with van der Waals surface area (Å²) >= 11 is 0. The van der Waals surface area contributed by atoms with Crippen molar-refractivity contribution in [1.82, 2.24) is 5.32 Å². The molecule has 0 bridgehead atoms. The van der Waals surface area contributed by atoms with Crippen LogP contribution in [0.2, 0.25) is 0 Å². The molecule has 4 nitrogen and oxygen atoms in total. The third-order valence-electron chi connectivity index (χ3n) is 3.01. The van der Waals surface area contributed by atoms with Gasteiger partial charge in [0.2, 0.25) is 11.8 Å². The van der Waals surface area contributed by atoms with Gasteiger partial charge in [0.15, 0.2) is 0 Å². The van der Waals surface area contributed by atoms with Crippen molar-refractivity contribution in [3.63, 3.8) is 0 Å². The molecular formula is C15H22N2O2. The van der Waals surface area contributed by atoms with E-state index in [0.29, 0.717) is 6.42 Å². The second-order valence-electron chi connectivity index (χ2n) is 4.62. The number of hydrogen-bond donors (Lipinski definition) is 1. The molecule has 0 atom stereocenters. The highest BCUT2D eigenvalue weighted by molar-refractivity contribution is 5.90. The Kier molecular flexibility index (Phi) is 6.06. The lowest BCUT2D eigenvalue weighted by Crippen LogP contribution is -2.26. The lowest BCUT2D eigenvalue weighted by molar-refractivity contribution is -0.120. The summed E-state index contributed by atoms with van der Waals surface area (Å²) < 4.78 is 0. The number of nitrogens with one attached hydrogen (secondary N) is 1. The molecule has 104 valence electrons. The number of carbonyl (C=O) groups is 2. The van der Waals surface area contributed by atoms with Crippen molar-refractivity contribution in [3.05, 3.63) is 29.8 Å². The fraction of sp³-hybridized carbons (Fsp3) is 0.467. The van der Waals surface area contributed by atoms with E-state index in [1.165, 1.54) is 6.92 Å². The van der Waals surface area contributed by atoms with Gasteiger partial charge in [0, 0.05) is 26.2 Å². The largest absolute Gasteiger partial charge is 0.356 e. The van der Waals surface area contributed by atoms with Crippen molar-refractivity contribution in [2.24, 2.45) is 0 Å². The van der Waals surface area contributed by atoms with Gasteiger partial charge in [-0.25, -0.2) is 0 Å². The first kappa shape index (κ1) is 15.2. The van der Waals surface area contributed by atoms with Crippen molar-refractivity contribution in [2.75, 3.05) is 18.5 Å². The Labute approximate surface area is 114 Å². The van der Waals surface area contributed by atoms with Gasteiger partial charge in [0.25, 0.3) is 0 Å². The van der Waals surface area contributed by atoms with Crippen LogP contribution in [0.4, 0.5) is 5.69 Å². The molecule has 0 aliphatic heterocycles. The second kappa shape index (κ2) is 7.56. The number of amides is 2. The third-order valence-corrected chi connectivity index (χ3v) is 3.01. The summed E-state index contributed by atoms with van der Waals surface area (Å²) in [5.74, 6) is 0.0335. The van der Waals surface area contributed by atoms with Gasteiger partial charge >= 0.3 is 0 Å². The summed E-state index contributed by atoms with van der Waals surface area (Å²) in [5, 5.41) is 2.88. The van der Waals surface area contributed by atoms with E-state index in [4.69, 9.17) is 0 Å². The van der Waals surface area contributed by atoms with Gasteiger partial charge in [0.1, 0.15) is 0 Å². The summed E-state index contributed by atoms with van der Waals surface area (Å²) in [6.45, 7) is 4.35. The minimum absolute atomic E-state index is 0.00920. The van der Waals surface area contributed by atoms with Crippen LogP contribution in [-0.2, 0) is 16.0 Å². The van der Waals surface area contributed by atoms with E-state index in [0.717, 1.165) is 30.6 Å². The zero-order valence-electron chi connectivity index (χ0n) is 11.9. The van der Waals surface area contributed by atoms with Gasteiger partial charge in [0.05, 0.1) is 6.42 Å². The Hall–Kier alpha value is -1.84. The summed E-state index contributed by atoms with van der Waals surface area (Å²) in [6, 6.07) is 7.48. The Balaban J connectivity index is 2.52. The van der Waals surface area contributed by atoms with Crippen LogP contribution in [-0.4, -0.2) is 25.4 Å². The van der Waals surface area contributed by atoms with Crippen molar-refractivity contribution in [1.29, 1.82) is 0 Å². The average molecular weight is 262 g/mol. The minimum Gasteiger partial charge on any atom is -0.356 e. The molecule has 4 heteroatoms. The number of carbonyl (C=O) groups excluding carboxylic acids is 2. The molecule has 0 radical (unpaired) electrons. The molecule has 2 amide bonds. The molecule has 0 aliphatic carbocycles. The standard InChI is InChI=1S/C15H22N2O2/c1-4-5-10-16-15(19)11-13-6-8-14(9-7-13)17(3)12(2)18/h6-9H,4-5,10-11H2,1-3H3,(H,16,19). The van der Waals surface area contributed by atoms with Crippen molar-refractivity contribution in [3.8, 4) is 0 Å². The van der Waals surface area contributed by atoms with Gasteiger partial charge in [-0.3, -0.25) is 9.59 Å². The first-order valence-electron chi connectivity index (χ1n) is 6.64. The average Bonchev–Trinajstić information content (AvgIpc) is 2.39. The van der Waals surface area contributed by atoms with Crippen molar-refractivity contribution < 1.29 is 9.59 Å². The van der Waals surface area contributed by atoms with Crippen LogP contribution >= 0.6 is 0 Å². The van der Waals surface area contributed by atoms with Crippen LogP contribution in [0.1, 0.15) is 32.3 Å². The lowest BCUT2D eigenvalue weighted by atomic mass is 10.1. The number of nitrogens with zero attached hydrogens (tertiary/aromatic N) is 1. The topological polar surface area (TPSA) is 49.4 Å². The van der Waals surface area contributed by atoms with E-state index >= 15 is 0 Å². The Morgan fingerprint density at radius 1 is 1.21 bits per heavy atom. The molecular weight excluding hydrogens is 240 g/mol. The molecule has 1 aromatic carbocycles. The molecule has 0 saturated heterocycles. The zero-order valence-corrected chi connectivity index (χ0v) is 11.9. The van der Waals surface area contributed by atoms with E-state index in [1.807, 2.05) is 24.3 Å². The maximum atomic E-state index is 11.6. The van der Waals surface area contributed by atoms with Crippen LogP contribution in [0, 0.1) is 0 Å². The van der Waals surface area contributed by atoms with Gasteiger partial charge in [-0.05, 0) is 24.1 Å². The van der Waals surface area contributed by atoms with Crippen molar-refractivity contribution in [2.45, 2.75) is 33.1 Å². The Morgan fingerprint density at radius 3 is 2.37 bits per heavy atom. The third kappa shape index (κ3) is 5.12. The number of hydrogen-bond acceptors (Lipinski definition) is 2. The fourth-order valence-electron chi connectivity index (χ4n) is 1.67. The predicted molar refractivity (Wildman–Crippen MR) is 77.1 cm³/mol. The highest BCUT2D eigenvalue weighted by Gasteiger charge is 2.06. The first-order chi connectivity index (χ1) is 9.04. The number of benzene rings is 1. The van der Waals surface area contributed by atoms with E-state index in [-0.39, 0.29) is 11.8 Å². The quantitative estimate of drug-likeness (QED) is 0.798. The highest BCUT2D eigenvalue weighted by atomic mass is 16.2. The maximum absolute atomic E-state index is 11.6. The van der Waals surface area contributed by atoms with Crippen LogP contribution in [0.15, 0.2) is 24.3 Å². The zero-order chi connectivity index (χ0) is 14.3. The molecule has 19 heavy (non-hydrogen) atoms. The molecule has 0 saturated carbocycles. The van der Waals surface area contributed by atoms with E-state index < -0.39 is 0 Å². The molecule has 1 N–H and O–H groups in total. The molecule has 0 aliphatic rings. The number of anilines is 1. The maximum Gasteiger partial charge on any atom is 0.224 e. The Morgan fingerprint density at radius 2 is 1.84 bits per heavy atom. The monoisotopic (exact) mass is 262 g/mol. The summed E-state index contributed by atoms with van der Waals surface area (Å²) in [6.07, 6.45) is 2.47. The smallest absolute Gasteiger partial charge is 0.224 e. The van der Waals surface area contributed by atoms with Crippen LogP contribution in [0.3, 0.4) is 0 Å². The Bertz CT molecular complexity index is 426. The lowest BCUT2D eigenvalue weighted by Gasteiger charge is -2.15. The molecule has 0 fully saturated rings. The molecule has 0 spiro atoms. The fourth-order valence-corrected chi connectivity index (χ4v) is 1.67. The normalized spacial score (nSPS) is 10.1. The molecule has 1 aromatic rings. The van der Waals surface area contributed by atoms with E-state index in [2.05, 4.69) is 12.2 Å². The van der Waals surface area contributed by atoms with Gasteiger partial charge in [-0.2, -0.15) is 0 Å². The molecule has 0 unspecified atom stereocenters. The van der Waals surface area contributed by atoms with Crippen LogP contribution in [0.25, 0.3) is 0 Å². The number of rotatable bonds is 6. The number of unbranched alkanes of at least 4 members (excludes halogenated alkanes) is 1. The van der Waals surface area contributed by atoms with Crippen LogP contribution < -0.4 is 10.2 Å².